The number of hydrogen-bond acceptors (Lipinski definition) is 4. The molecule has 10 heteroatoms. The molecule has 0 spiro atoms. The number of nitrogens with zero attached hydrogens (tertiary/aromatic N) is 2. The summed E-state index contributed by atoms with van der Waals surface area (Å²) in [6, 6.07) is 7.09. The molecule has 2 aromatic carbocycles. The fraction of sp³-hybridized carbons (Fsp3) is 0.333. The van der Waals surface area contributed by atoms with Crippen molar-refractivity contribution in [1.29, 1.82) is 0 Å². The molecule has 34 heavy (non-hydrogen) atoms. The SMILES string of the molecule is COc1cccc(-c2c(C)n(Cc3c(F)cccc3F)c(=O)n(C[C@H](N)C(C)C)c2=O)c1F.Cl. The molecule has 0 aliphatic rings. The zero-order valence-corrected chi connectivity index (χ0v) is 20.1. The van der Waals surface area contributed by atoms with Crippen LogP contribution in [0.15, 0.2) is 46.0 Å². The van der Waals surface area contributed by atoms with Gasteiger partial charge >= 0.3 is 5.69 Å². The third-order valence-corrected chi connectivity index (χ3v) is 5.77. The molecule has 0 fully saturated rings. The zero-order valence-electron chi connectivity index (χ0n) is 19.3. The molecule has 1 aromatic heterocycles. The van der Waals surface area contributed by atoms with Crippen LogP contribution in [0.4, 0.5) is 13.2 Å². The van der Waals surface area contributed by atoms with Crippen molar-refractivity contribution in [3.8, 4) is 16.9 Å². The van der Waals surface area contributed by atoms with Gasteiger partial charge in [0.25, 0.3) is 5.56 Å². The Morgan fingerprint density at radius 2 is 1.59 bits per heavy atom. The van der Waals surface area contributed by atoms with Gasteiger partial charge in [-0.05, 0) is 31.0 Å². The number of ether oxygens (including phenoxy) is 1. The van der Waals surface area contributed by atoms with Crippen molar-refractivity contribution < 1.29 is 17.9 Å². The van der Waals surface area contributed by atoms with E-state index in [0.717, 1.165) is 21.3 Å². The minimum Gasteiger partial charge on any atom is -0.494 e. The number of aromatic nitrogens is 2. The lowest BCUT2D eigenvalue weighted by atomic mass is 10.0. The van der Waals surface area contributed by atoms with Gasteiger partial charge in [0.2, 0.25) is 0 Å². The summed E-state index contributed by atoms with van der Waals surface area (Å²) < 4.78 is 50.8. The molecule has 1 atom stereocenters. The molecular weight excluding hydrogens is 471 g/mol. The maximum atomic E-state index is 15.1. The van der Waals surface area contributed by atoms with Crippen LogP contribution in [0.2, 0.25) is 0 Å². The van der Waals surface area contributed by atoms with E-state index in [1.807, 2.05) is 13.8 Å². The summed E-state index contributed by atoms with van der Waals surface area (Å²) in [7, 11) is 1.29. The fourth-order valence-electron chi connectivity index (χ4n) is 3.58. The van der Waals surface area contributed by atoms with E-state index in [9.17, 15) is 18.4 Å². The van der Waals surface area contributed by atoms with E-state index in [1.54, 1.807) is 0 Å². The Hall–Kier alpha value is -3.04. The standard InChI is InChI=1S/C24H26F3N3O3.ClH/c1-13(2)19(28)12-30-23(31)21(15-7-5-10-20(33-4)22(15)27)14(3)29(24(30)32)11-16-17(25)8-6-9-18(16)26;/h5-10,13,19H,11-12,28H2,1-4H3;1H/t19-;/m0./s1. The lowest BCUT2D eigenvalue weighted by Crippen LogP contribution is -2.47. The molecular formula is C24H27ClF3N3O3. The largest absolute Gasteiger partial charge is 0.494 e. The van der Waals surface area contributed by atoms with Gasteiger partial charge in [-0.3, -0.25) is 13.9 Å². The average Bonchev–Trinajstić information content (AvgIpc) is 2.76. The van der Waals surface area contributed by atoms with Crippen LogP contribution in [0.25, 0.3) is 11.1 Å². The van der Waals surface area contributed by atoms with Crippen LogP contribution in [0.5, 0.6) is 5.75 Å². The fourth-order valence-corrected chi connectivity index (χ4v) is 3.58. The molecule has 0 aliphatic heterocycles. The summed E-state index contributed by atoms with van der Waals surface area (Å²) in [5.74, 6) is -2.62. The van der Waals surface area contributed by atoms with Crippen LogP contribution in [-0.4, -0.2) is 22.3 Å². The second-order valence-corrected chi connectivity index (χ2v) is 8.17. The second-order valence-electron chi connectivity index (χ2n) is 8.17. The maximum absolute atomic E-state index is 15.1. The highest BCUT2D eigenvalue weighted by atomic mass is 35.5. The Morgan fingerprint density at radius 3 is 2.15 bits per heavy atom. The summed E-state index contributed by atoms with van der Waals surface area (Å²) in [6.45, 7) is 4.47. The third-order valence-electron chi connectivity index (χ3n) is 5.77. The van der Waals surface area contributed by atoms with E-state index in [4.69, 9.17) is 10.5 Å². The van der Waals surface area contributed by atoms with Crippen molar-refractivity contribution in [1.82, 2.24) is 9.13 Å². The lowest BCUT2D eigenvalue weighted by Gasteiger charge is -2.21. The molecule has 184 valence electrons. The van der Waals surface area contributed by atoms with E-state index in [1.165, 1.54) is 38.3 Å². The molecule has 2 N–H and O–H groups in total. The lowest BCUT2D eigenvalue weighted by molar-refractivity contribution is 0.387. The first-order valence-electron chi connectivity index (χ1n) is 10.4. The molecule has 0 amide bonds. The van der Waals surface area contributed by atoms with E-state index >= 15 is 4.39 Å². The normalized spacial score (nSPS) is 11.9. The first-order valence-corrected chi connectivity index (χ1v) is 10.4. The van der Waals surface area contributed by atoms with Crippen LogP contribution < -0.4 is 21.7 Å². The number of nitrogens with two attached hydrogens (primary N) is 1. The quantitative estimate of drug-likeness (QED) is 0.537. The summed E-state index contributed by atoms with van der Waals surface area (Å²) in [5, 5.41) is 0. The highest BCUT2D eigenvalue weighted by Gasteiger charge is 2.24. The summed E-state index contributed by atoms with van der Waals surface area (Å²) in [5.41, 5.74) is 4.10. The highest BCUT2D eigenvalue weighted by molar-refractivity contribution is 5.85. The van der Waals surface area contributed by atoms with Gasteiger partial charge in [-0.25, -0.2) is 18.0 Å². The van der Waals surface area contributed by atoms with Crippen LogP contribution in [0.3, 0.4) is 0 Å². The number of rotatable bonds is 7. The molecule has 3 aromatic rings. The molecule has 0 unspecified atom stereocenters. The Morgan fingerprint density at radius 1 is 1.00 bits per heavy atom. The Labute approximate surface area is 201 Å². The highest BCUT2D eigenvalue weighted by Crippen LogP contribution is 2.29. The third kappa shape index (κ3) is 5.05. The molecule has 0 saturated carbocycles. The van der Waals surface area contributed by atoms with Crippen LogP contribution in [0, 0.1) is 30.3 Å². The van der Waals surface area contributed by atoms with E-state index in [2.05, 4.69) is 0 Å². The Balaban J connectivity index is 0.00000408. The van der Waals surface area contributed by atoms with Gasteiger partial charge < -0.3 is 10.5 Å². The molecule has 0 bridgehead atoms. The van der Waals surface area contributed by atoms with Gasteiger partial charge in [0.15, 0.2) is 11.6 Å². The van der Waals surface area contributed by atoms with Crippen LogP contribution >= 0.6 is 12.4 Å². The van der Waals surface area contributed by atoms with Crippen molar-refractivity contribution in [2.75, 3.05) is 7.11 Å². The molecule has 0 saturated heterocycles. The number of methoxy groups -OCH3 is 1. The summed E-state index contributed by atoms with van der Waals surface area (Å²) in [6.07, 6.45) is 0. The zero-order chi connectivity index (χ0) is 24.4. The Bertz CT molecular complexity index is 1280. The topological polar surface area (TPSA) is 79.2 Å². The Kier molecular flexibility index (Phi) is 8.74. The van der Waals surface area contributed by atoms with Gasteiger partial charge in [-0.1, -0.05) is 32.0 Å². The van der Waals surface area contributed by atoms with Gasteiger partial charge in [0.1, 0.15) is 11.6 Å². The number of hydrogen-bond donors (Lipinski definition) is 1. The number of halogens is 4. The first kappa shape index (κ1) is 27.2. The predicted molar refractivity (Wildman–Crippen MR) is 127 cm³/mol. The molecule has 0 radical (unpaired) electrons. The van der Waals surface area contributed by atoms with Gasteiger partial charge in [-0.2, -0.15) is 0 Å². The summed E-state index contributed by atoms with van der Waals surface area (Å²) >= 11 is 0. The first-order chi connectivity index (χ1) is 15.6. The minimum atomic E-state index is -0.841. The van der Waals surface area contributed by atoms with E-state index in [-0.39, 0.29) is 53.0 Å². The van der Waals surface area contributed by atoms with Gasteiger partial charge in [0.05, 0.1) is 19.2 Å². The molecule has 1 heterocycles. The summed E-state index contributed by atoms with van der Waals surface area (Å²) in [4.78, 5) is 26.7. The van der Waals surface area contributed by atoms with Crippen LogP contribution in [0.1, 0.15) is 25.1 Å². The van der Waals surface area contributed by atoms with Crippen LogP contribution in [-0.2, 0) is 13.1 Å². The van der Waals surface area contributed by atoms with Gasteiger partial charge in [-0.15, -0.1) is 12.4 Å². The second kappa shape index (κ2) is 10.9. The van der Waals surface area contributed by atoms with Crippen molar-refractivity contribution in [2.45, 2.75) is 39.9 Å². The van der Waals surface area contributed by atoms with Gasteiger partial charge in [0, 0.05) is 29.4 Å². The van der Waals surface area contributed by atoms with E-state index < -0.39 is 41.3 Å². The molecule has 6 nitrogen and oxygen atoms in total. The minimum absolute atomic E-state index is 0. The van der Waals surface area contributed by atoms with Crippen molar-refractivity contribution in [3.05, 3.63) is 85.9 Å². The molecule has 0 aliphatic carbocycles. The number of benzene rings is 2. The van der Waals surface area contributed by atoms with Crippen molar-refractivity contribution in [2.24, 2.45) is 11.7 Å². The van der Waals surface area contributed by atoms with Crippen molar-refractivity contribution >= 4 is 12.4 Å². The maximum Gasteiger partial charge on any atom is 0.331 e. The van der Waals surface area contributed by atoms with E-state index in [0.29, 0.717) is 0 Å². The monoisotopic (exact) mass is 497 g/mol. The average molecular weight is 498 g/mol. The predicted octanol–water partition coefficient (Wildman–Crippen LogP) is 3.86. The smallest absolute Gasteiger partial charge is 0.331 e. The molecule has 3 rings (SSSR count). The van der Waals surface area contributed by atoms with Crippen molar-refractivity contribution in [3.63, 3.8) is 0 Å².